The van der Waals surface area contributed by atoms with Crippen molar-refractivity contribution in [2.24, 2.45) is 0 Å². The number of carbonyl (C=O) groups is 2. The second kappa shape index (κ2) is 12.5. The molecule has 0 radical (unpaired) electrons. The monoisotopic (exact) mass is 569 g/mol. The molecule has 0 heterocycles. The minimum absolute atomic E-state index is 0.0409. The number of methoxy groups -OCH3 is 1. The second-order valence-corrected chi connectivity index (χ2v) is 12.4. The summed E-state index contributed by atoms with van der Waals surface area (Å²) in [5.41, 5.74) is 0.799. The van der Waals surface area contributed by atoms with E-state index >= 15 is 0 Å². The van der Waals surface area contributed by atoms with Gasteiger partial charge in [-0.2, -0.15) is 0 Å². The zero-order chi connectivity index (χ0) is 29.7. The molecule has 214 valence electrons. The Hall–Kier alpha value is -3.92. The Morgan fingerprint density at radius 3 is 2.12 bits per heavy atom. The summed E-state index contributed by atoms with van der Waals surface area (Å²) in [6.07, 6.45) is 0. The van der Waals surface area contributed by atoms with E-state index in [4.69, 9.17) is 4.74 Å². The highest BCUT2D eigenvalue weighted by Crippen LogP contribution is 2.26. The van der Waals surface area contributed by atoms with Crippen LogP contribution in [0.3, 0.4) is 0 Å². The third-order valence-corrected chi connectivity index (χ3v) is 8.00. The average Bonchev–Trinajstić information content (AvgIpc) is 2.90. The summed E-state index contributed by atoms with van der Waals surface area (Å²) < 4.78 is 48.5. The zero-order valence-corrected chi connectivity index (χ0v) is 24.5. The number of ether oxygens (including phenoxy) is 1. The molecule has 3 aromatic rings. The number of amides is 2. The minimum atomic E-state index is -4.22. The number of nitrogens with one attached hydrogen (secondary N) is 1. The van der Waals surface area contributed by atoms with Crippen molar-refractivity contribution in [3.8, 4) is 5.75 Å². The molecule has 0 bridgehead atoms. The second-order valence-electron chi connectivity index (χ2n) is 10.6. The van der Waals surface area contributed by atoms with Crippen LogP contribution in [0, 0.1) is 12.7 Å². The van der Waals surface area contributed by atoms with Gasteiger partial charge in [0, 0.05) is 17.6 Å². The van der Waals surface area contributed by atoms with Crippen LogP contribution in [0.5, 0.6) is 5.75 Å². The van der Waals surface area contributed by atoms with Gasteiger partial charge in [-0.15, -0.1) is 0 Å². The first kappa shape index (κ1) is 30.6. The fourth-order valence-corrected chi connectivity index (χ4v) is 5.40. The van der Waals surface area contributed by atoms with Gasteiger partial charge in [0.2, 0.25) is 11.8 Å². The van der Waals surface area contributed by atoms with Crippen LogP contribution < -0.4 is 14.4 Å². The molecule has 2 amide bonds. The number of benzene rings is 3. The molecule has 1 atom stereocenters. The predicted molar refractivity (Wildman–Crippen MR) is 153 cm³/mol. The Balaban J connectivity index is 2.04. The topological polar surface area (TPSA) is 96.0 Å². The molecule has 10 heteroatoms. The Bertz CT molecular complexity index is 1440. The van der Waals surface area contributed by atoms with E-state index in [0.717, 1.165) is 9.87 Å². The number of sulfonamides is 1. The van der Waals surface area contributed by atoms with Crippen LogP contribution >= 0.6 is 0 Å². The van der Waals surface area contributed by atoms with Gasteiger partial charge in [-0.25, -0.2) is 12.8 Å². The summed E-state index contributed by atoms with van der Waals surface area (Å²) in [7, 11) is -2.75. The number of hydrogen-bond donors (Lipinski definition) is 1. The summed E-state index contributed by atoms with van der Waals surface area (Å²) in [4.78, 5) is 28.2. The molecule has 0 aliphatic heterocycles. The van der Waals surface area contributed by atoms with E-state index in [1.54, 1.807) is 51.1 Å². The summed E-state index contributed by atoms with van der Waals surface area (Å²) in [5.74, 6) is -1.17. The maximum atomic E-state index is 14.6. The molecule has 40 heavy (non-hydrogen) atoms. The molecule has 0 aliphatic rings. The SMILES string of the molecule is COc1ccc(S(=O)(=O)N(CC(=O)N(Cc2ccccc2F)[C@H](C)C(=O)NC(C)(C)C)c2ccc(C)cc2)cc1. The Labute approximate surface area is 235 Å². The van der Waals surface area contributed by atoms with Crippen molar-refractivity contribution in [2.75, 3.05) is 18.0 Å². The van der Waals surface area contributed by atoms with Gasteiger partial charge in [0.25, 0.3) is 10.0 Å². The van der Waals surface area contributed by atoms with Crippen molar-refractivity contribution < 1.29 is 27.1 Å². The first-order chi connectivity index (χ1) is 18.7. The van der Waals surface area contributed by atoms with Crippen LogP contribution in [0.15, 0.2) is 77.7 Å². The van der Waals surface area contributed by atoms with E-state index in [0.29, 0.717) is 5.75 Å². The summed E-state index contributed by atoms with van der Waals surface area (Å²) in [6, 6.07) is 17.5. The largest absolute Gasteiger partial charge is 0.497 e. The third kappa shape index (κ3) is 7.59. The molecule has 0 aliphatic carbocycles. The standard InChI is InChI=1S/C30H36FN3O5S/c1-21-11-13-24(14-12-21)34(40(37,38)26-17-15-25(39-6)16-18-26)20-28(35)33(19-23-9-7-8-10-27(23)31)22(2)29(36)32-30(3,4)5/h7-18,22H,19-20H2,1-6H3,(H,32,36)/t22-/m1/s1. The van der Waals surface area contributed by atoms with Crippen LogP contribution in [0.2, 0.25) is 0 Å². The molecule has 0 unspecified atom stereocenters. The molecular weight excluding hydrogens is 533 g/mol. The van der Waals surface area contributed by atoms with Gasteiger partial charge in [-0.3, -0.25) is 13.9 Å². The van der Waals surface area contributed by atoms with E-state index in [1.165, 1.54) is 61.4 Å². The van der Waals surface area contributed by atoms with Crippen molar-refractivity contribution in [3.05, 3.63) is 89.7 Å². The number of carbonyl (C=O) groups excluding carboxylic acids is 2. The van der Waals surface area contributed by atoms with Crippen LogP contribution in [-0.4, -0.2) is 50.4 Å². The van der Waals surface area contributed by atoms with Crippen LogP contribution in [0.4, 0.5) is 10.1 Å². The Morgan fingerprint density at radius 2 is 1.57 bits per heavy atom. The van der Waals surface area contributed by atoms with E-state index in [-0.39, 0.29) is 22.7 Å². The first-order valence-electron chi connectivity index (χ1n) is 12.8. The van der Waals surface area contributed by atoms with Gasteiger partial charge in [0.1, 0.15) is 24.2 Å². The molecule has 0 saturated heterocycles. The summed E-state index contributed by atoms with van der Waals surface area (Å²) in [5, 5.41) is 2.84. The van der Waals surface area contributed by atoms with Gasteiger partial charge in [-0.05, 0) is 77.1 Å². The molecule has 0 saturated carbocycles. The van der Waals surface area contributed by atoms with Gasteiger partial charge in [-0.1, -0.05) is 35.9 Å². The number of hydrogen-bond acceptors (Lipinski definition) is 5. The average molecular weight is 570 g/mol. The lowest BCUT2D eigenvalue weighted by atomic mass is 10.1. The fraction of sp³-hybridized carbons (Fsp3) is 0.333. The number of aryl methyl sites for hydroxylation is 1. The number of rotatable bonds is 10. The third-order valence-electron chi connectivity index (χ3n) is 6.21. The van der Waals surface area contributed by atoms with Crippen molar-refractivity contribution in [3.63, 3.8) is 0 Å². The molecule has 3 aromatic carbocycles. The Kier molecular flexibility index (Phi) is 9.57. The maximum Gasteiger partial charge on any atom is 0.264 e. The minimum Gasteiger partial charge on any atom is -0.497 e. The van der Waals surface area contributed by atoms with Gasteiger partial charge in [0.15, 0.2) is 0 Å². The highest BCUT2D eigenvalue weighted by Gasteiger charge is 2.33. The molecule has 0 spiro atoms. The van der Waals surface area contributed by atoms with Crippen molar-refractivity contribution in [2.45, 2.75) is 57.6 Å². The molecule has 8 nitrogen and oxygen atoms in total. The molecule has 0 aromatic heterocycles. The molecule has 3 rings (SSSR count). The zero-order valence-electron chi connectivity index (χ0n) is 23.6. The van der Waals surface area contributed by atoms with Gasteiger partial charge < -0.3 is 15.0 Å². The lowest BCUT2D eigenvalue weighted by molar-refractivity contribution is -0.140. The molecule has 0 fully saturated rings. The molecule has 1 N–H and O–H groups in total. The fourth-order valence-electron chi connectivity index (χ4n) is 3.98. The van der Waals surface area contributed by atoms with Crippen molar-refractivity contribution in [1.29, 1.82) is 0 Å². The lowest BCUT2D eigenvalue weighted by Gasteiger charge is -2.33. The van der Waals surface area contributed by atoms with Crippen LogP contribution in [-0.2, 0) is 26.2 Å². The van der Waals surface area contributed by atoms with E-state index in [1.807, 2.05) is 6.92 Å². The van der Waals surface area contributed by atoms with E-state index in [9.17, 15) is 22.4 Å². The highest BCUT2D eigenvalue weighted by molar-refractivity contribution is 7.92. The highest BCUT2D eigenvalue weighted by atomic mass is 32.2. The first-order valence-corrected chi connectivity index (χ1v) is 14.3. The van der Waals surface area contributed by atoms with Gasteiger partial charge >= 0.3 is 0 Å². The molecular formula is C30H36FN3O5S. The Morgan fingerprint density at radius 1 is 0.975 bits per heavy atom. The maximum absolute atomic E-state index is 14.6. The smallest absolute Gasteiger partial charge is 0.264 e. The quantitative estimate of drug-likeness (QED) is 0.383. The number of halogens is 1. The predicted octanol–water partition coefficient (Wildman–Crippen LogP) is 4.67. The lowest BCUT2D eigenvalue weighted by Crippen LogP contribution is -2.54. The van der Waals surface area contributed by atoms with Crippen LogP contribution in [0.25, 0.3) is 0 Å². The summed E-state index contributed by atoms with van der Waals surface area (Å²) in [6.45, 7) is 7.98. The number of nitrogens with zero attached hydrogens (tertiary/aromatic N) is 2. The van der Waals surface area contributed by atoms with E-state index in [2.05, 4.69) is 5.32 Å². The normalized spacial score (nSPS) is 12.4. The number of anilines is 1. The van der Waals surface area contributed by atoms with Crippen molar-refractivity contribution in [1.82, 2.24) is 10.2 Å². The summed E-state index contributed by atoms with van der Waals surface area (Å²) >= 11 is 0. The van der Waals surface area contributed by atoms with Crippen molar-refractivity contribution >= 4 is 27.5 Å². The van der Waals surface area contributed by atoms with E-state index < -0.39 is 45.8 Å². The van der Waals surface area contributed by atoms with Crippen LogP contribution in [0.1, 0.15) is 38.8 Å². The van der Waals surface area contributed by atoms with Gasteiger partial charge in [0.05, 0.1) is 17.7 Å².